The lowest BCUT2D eigenvalue weighted by Gasteiger charge is -2.46. The quantitative estimate of drug-likeness (QED) is 0.672. The lowest BCUT2D eigenvalue weighted by atomic mass is 9.93. The van der Waals surface area contributed by atoms with Crippen LogP contribution in [0.15, 0.2) is 53.4 Å². The number of aryl methyl sites for hydroxylation is 2. The predicted molar refractivity (Wildman–Crippen MR) is 129 cm³/mol. The normalized spacial score (nSPS) is 19.7. The molecule has 1 aliphatic rings. The van der Waals surface area contributed by atoms with E-state index in [0.717, 1.165) is 21.9 Å². The molecule has 178 valence electrons. The molecule has 0 bridgehead atoms. The highest BCUT2D eigenvalue weighted by Crippen LogP contribution is 2.33. The van der Waals surface area contributed by atoms with Crippen LogP contribution in [0.2, 0.25) is 0 Å². The summed E-state index contributed by atoms with van der Waals surface area (Å²) in [6.45, 7) is 9.60. The van der Waals surface area contributed by atoms with E-state index in [1.54, 1.807) is 25.1 Å². The molecule has 0 aliphatic carbocycles. The van der Waals surface area contributed by atoms with Crippen LogP contribution < -0.4 is 10.2 Å². The Morgan fingerprint density at radius 2 is 1.70 bits per heavy atom. The van der Waals surface area contributed by atoms with Gasteiger partial charge in [0.2, 0.25) is 21.8 Å². The lowest BCUT2D eigenvalue weighted by molar-refractivity contribution is -0.132. The molecule has 0 radical (unpaired) electrons. The van der Waals surface area contributed by atoms with Gasteiger partial charge in [-0.3, -0.25) is 14.5 Å². The standard InChI is InChI=1S/C25H33N3O4S/c1-18(2)11-12-26-24(30)25(5)17-27(33(31,32)22-9-7-6-8-10-22)16-23(29)28(25)21-14-19(3)13-20(4)15-21/h6-10,13-15,18H,11-12,16-17H2,1-5H3,(H,26,30)/t25-/m0/s1. The number of hydrogen-bond donors (Lipinski definition) is 1. The van der Waals surface area contributed by atoms with Gasteiger partial charge < -0.3 is 5.32 Å². The van der Waals surface area contributed by atoms with Gasteiger partial charge in [0.1, 0.15) is 5.54 Å². The van der Waals surface area contributed by atoms with Crippen LogP contribution in [0.1, 0.15) is 38.3 Å². The molecule has 1 N–H and O–H groups in total. The summed E-state index contributed by atoms with van der Waals surface area (Å²) in [5.74, 6) is -0.410. The number of nitrogens with zero attached hydrogens (tertiary/aromatic N) is 2. The van der Waals surface area contributed by atoms with Gasteiger partial charge in [-0.1, -0.05) is 38.1 Å². The first kappa shape index (κ1) is 24.9. The Kier molecular flexibility index (Phi) is 7.29. The van der Waals surface area contributed by atoms with E-state index in [1.807, 2.05) is 32.0 Å². The first-order valence-electron chi connectivity index (χ1n) is 11.2. The molecule has 0 saturated carbocycles. The van der Waals surface area contributed by atoms with Crippen LogP contribution in [-0.4, -0.2) is 49.7 Å². The number of hydrogen-bond acceptors (Lipinski definition) is 4. The summed E-state index contributed by atoms with van der Waals surface area (Å²) in [6, 6.07) is 13.7. The van der Waals surface area contributed by atoms with Gasteiger partial charge in [0.25, 0.3) is 0 Å². The highest BCUT2D eigenvalue weighted by molar-refractivity contribution is 7.89. The highest BCUT2D eigenvalue weighted by atomic mass is 32.2. The minimum atomic E-state index is -3.95. The topological polar surface area (TPSA) is 86.8 Å². The minimum Gasteiger partial charge on any atom is -0.354 e. The molecule has 2 aromatic carbocycles. The van der Waals surface area contributed by atoms with Crippen molar-refractivity contribution >= 4 is 27.5 Å². The van der Waals surface area contributed by atoms with Gasteiger partial charge in [-0.15, -0.1) is 0 Å². The van der Waals surface area contributed by atoms with Gasteiger partial charge in [0.05, 0.1) is 11.4 Å². The molecule has 1 aliphatic heterocycles. The maximum atomic E-state index is 13.5. The Bertz CT molecular complexity index is 1110. The summed E-state index contributed by atoms with van der Waals surface area (Å²) in [4.78, 5) is 28.5. The highest BCUT2D eigenvalue weighted by Gasteiger charge is 2.51. The van der Waals surface area contributed by atoms with Crippen molar-refractivity contribution in [3.8, 4) is 0 Å². The zero-order chi connectivity index (χ0) is 24.4. The number of rotatable bonds is 7. The molecule has 0 unspecified atom stereocenters. The minimum absolute atomic E-state index is 0.0974. The summed E-state index contributed by atoms with van der Waals surface area (Å²) in [6.07, 6.45) is 0.783. The van der Waals surface area contributed by atoms with E-state index in [2.05, 4.69) is 19.2 Å². The molecule has 33 heavy (non-hydrogen) atoms. The molecule has 3 rings (SSSR count). The molecule has 7 nitrogen and oxygen atoms in total. The Hall–Kier alpha value is -2.71. The SMILES string of the molecule is Cc1cc(C)cc(N2C(=O)CN(S(=O)(=O)c3ccccc3)C[C@@]2(C)C(=O)NCCC(C)C)c1. The second-order valence-corrected chi connectivity index (χ2v) is 11.3. The van der Waals surface area contributed by atoms with E-state index < -0.39 is 21.5 Å². The van der Waals surface area contributed by atoms with Gasteiger partial charge in [0.15, 0.2) is 0 Å². The van der Waals surface area contributed by atoms with E-state index in [1.165, 1.54) is 17.0 Å². The zero-order valence-corrected chi connectivity index (χ0v) is 20.8. The van der Waals surface area contributed by atoms with Crippen molar-refractivity contribution in [1.29, 1.82) is 0 Å². The Balaban J connectivity index is 2.03. The smallest absolute Gasteiger partial charge is 0.247 e. The Morgan fingerprint density at radius 3 is 2.27 bits per heavy atom. The van der Waals surface area contributed by atoms with Crippen LogP contribution in [0.25, 0.3) is 0 Å². The number of amides is 2. The molecule has 1 fully saturated rings. The van der Waals surface area contributed by atoms with Crippen LogP contribution in [-0.2, 0) is 19.6 Å². The van der Waals surface area contributed by atoms with Gasteiger partial charge in [-0.2, -0.15) is 4.31 Å². The third kappa shape index (κ3) is 5.28. The van der Waals surface area contributed by atoms with Crippen LogP contribution in [0.4, 0.5) is 5.69 Å². The summed E-state index contributed by atoms with van der Waals surface area (Å²) in [5.41, 5.74) is 1.10. The van der Waals surface area contributed by atoms with Gasteiger partial charge in [-0.05, 0) is 68.5 Å². The van der Waals surface area contributed by atoms with E-state index in [0.29, 0.717) is 18.2 Å². The number of nitrogens with one attached hydrogen (secondary N) is 1. The van der Waals surface area contributed by atoms with Crippen LogP contribution in [0.3, 0.4) is 0 Å². The molecule has 8 heteroatoms. The number of benzene rings is 2. The Morgan fingerprint density at radius 1 is 1.09 bits per heavy atom. The summed E-state index contributed by atoms with van der Waals surface area (Å²) in [7, 11) is -3.95. The summed E-state index contributed by atoms with van der Waals surface area (Å²) < 4.78 is 27.8. The second kappa shape index (κ2) is 9.65. The van der Waals surface area contributed by atoms with Gasteiger partial charge >= 0.3 is 0 Å². The van der Waals surface area contributed by atoms with E-state index in [4.69, 9.17) is 0 Å². The van der Waals surface area contributed by atoms with Crippen molar-refractivity contribution in [3.63, 3.8) is 0 Å². The van der Waals surface area contributed by atoms with Crippen molar-refractivity contribution < 1.29 is 18.0 Å². The van der Waals surface area contributed by atoms with Crippen LogP contribution in [0.5, 0.6) is 0 Å². The average Bonchev–Trinajstić information content (AvgIpc) is 2.72. The fraction of sp³-hybridized carbons (Fsp3) is 0.440. The van der Waals surface area contributed by atoms with E-state index in [9.17, 15) is 18.0 Å². The van der Waals surface area contributed by atoms with Gasteiger partial charge in [0, 0.05) is 18.8 Å². The molecule has 0 spiro atoms. The third-order valence-corrected chi connectivity index (χ3v) is 7.69. The molecular weight excluding hydrogens is 438 g/mol. The Labute approximate surface area is 196 Å². The molecule has 1 saturated heterocycles. The monoisotopic (exact) mass is 471 g/mol. The predicted octanol–water partition coefficient (Wildman–Crippen LogP) is 3.26. The molecule has 2 aromatic rings. The number of carbonyl (C=O) groups excluding carboxylic acids is 2. The fourth-order valence-corrected chi connectivity index (χ4v) is 5.73. The van der Waals surface area contributed by atoms with Crippen molar-refractivity contribution in [2.75, 3.05) is 24.5 Å². The largest absolute Gasteiger partial charge is 0.354 e. The van der Waals surface area contributed by atoms with E-state index in [-0.39, 0.29) is 23.9 Å². The second-order valence-electron chi connectivity index (χ2n) is 9.37. The first-order valence-corrected chi connectivity index (χ1v) is 12.6. The third-order valence-electron chi connectivity index (χ3n) is 5.88. The average molecular weight is 472 g/mol. The van der Waals surface area contributed by atoms with Crippen molar-refractivity contribution in [1.82, 2.24) is 9.62 Å². The number of piperazine rings is 1. The molecule has 0 aromatic heterocycles. The van der Waals surface area contributed by atoms with Crippen LogP contribution in [0, 0.1) is 19.8 Å². The summed E-state index contributed by atoms with van der Waals surface area (Å²) >= 11 is 0. The number of carbonyl (C=O) groups is 2. The first-order chi connectivity index (χ1) is 15.4. The zero-order valence-electron chi connectivity index (χ0n) is 20.0. The maximum Gasteiger partial charge on any atom is 0.247 e. The van der Waals surface area contributed by atoms with E-state index >= 15 is 0 Å². The molecular formula is C25H33N3O4S. The van der Waals surface area contributed by atoms with Crippen molar-refractivity contribution in [3.05, 3.63) is 59.7 Å². The molecule has 1 heterocycles. The fourth-order valence-electron chi connectivity index (χ4n) is 4.23. The lowest BCUT2D eigenvalue weighted by Crippen LogP contribution is -2.70. The molecule has 2 amide bonds. The number of anilines is 1. The van der Waals surface area contributed by atoms with Crippen molar-refractivity contribution in [2.45, 2.75) is 51.5 Å². The maximum absolute atomic E-state index is 13.5. The van der Waals surface area contributed by atoms with Gasteiger partial charge in [-0.25, -0.2) is 8.42 Å². The summed E-state index contributed by atoms with van der Waals surface area (Å²) in [5, 5.41) is 2.93. The van der Waals surface area contributed by atoms with Crippen molar-refractivity contribution in [2.24, 2.45) is 5.92 Å². The number of sulfonamides is 1. The molecule has 1 atom stereocenters. The van der Waals surface area contributed by atoms with Crippen LogP contribution >= 0.6 is 0 Å².